The second-order valence-electron chi connectivity index (χ2n) is 5.04. The van der Waals surface area contributed by atoms with Gasteiger partial charge in [0.2, 0.25) is 5.91 Å². The zero-order chi connectivity index (χ0) is 15.3. The molecule has 0 unspecified atom stereocenters. The number of carbonyl (C=O) groups is 1. The van der Waals surface area contributed by atoms with Crippen LogP contribution in [0.5, 0.6) is 0 Å². The third-order valence-electron chi connectivity index (χ3n) is 2.82. The van der Waals surface area contributed by atoms with Crippen molar-refractivity contribution in [2.75, 3.05) is 18.3 Å². The molecular weight excluding hydrogens is 294 g/mol. The Kier molecular flexibility index (Phi) is 6.07. The molecule has 0 atom stereocenters. The van der Waals surface area contributed by atoms with Gasteiger partial charge in [-0.25, -0.2) is 8.42 Å². The molecule has 4 nitrogen and oxygen atoms in total. The molecule has 0 fully saturated rings. The molecule has 0 aromatic heterocycles. The van der Waals surface area contributed by atoms with Crippen molar-refractivity contribution in [3.05, 3.63) is 29.8 Å². The fourth-order valence-electron chi connectivity index (χ4n) is 1.83. The van der Waals surface area contributed by atoms with E-state index >= 15 is 0 Å². The van der Waals surface area contributed by atoms with E-state index in [-0.39, 0.29) is 11.9 Å². The third kappa shape index (κ3) is 5.54. The molecule has 1 rings (SSSR count). The lowest BCUT2D eigenvalue weighted by atomic mass is 10.2. The molecule has 1 amide bonds. The number of rotatable bonds is 6. The second kappa shape index (κ2) is 7.13. The van der Waals surface area contributed by atoms with Crippen molar-refractivity contribution in [1.29, 1.82) is 0 Å². The minimum absolute atomic E-state index is 0.0396. The van der Waals surface area contributed by atoms with E-state index in [1.54, 1.807) is 16.7 Å². The summed E-state index contributed by atoms with van der Waals surface area (Å²) in [5, 5.41) is 0. The number of hydrogen-bond acceptors (Lipinski definition) is 4. The van der Waals surface area contributed by atoms with Crippen LogP contribution in [0.1, 0.15) is 19.4 Å². The molecule has 0 aliphatic carbocycles. The lowest BCUT2D eigenvalue weighted by Gasteiger charge is -2.26. The highest BCUT2D eigenvalue weighted by Crippen LogP contribution is 2.18. The van der Waals surface area contributed by atoms with Gasteiger partial charge in [0.25, 0.3) is 0 Å². The minimum Gasteiger partial charge on any atom is -0.335 e. The van der Waals surface area contributed by atoms with Crippen LogP contribution in [0.4, 0.5) is 0 Å². The van der Waals surface area contributed by atoms with Crippen LogP contribution in [-0.4, -0.2) is 43.5 Å². The highest BCUT2D eigenvalue weighted by molar-refractivity contribution is 7.98. The molecule has 1 aromatic rings. The fourth-order valence-corrected chi connectivity index (χ4v) is 2.93. The number of hydrogen-bond donors (Lipinski definition) is 0. The van der Waals surface area contributed by atoms with E-state index in [4.69, 9.17) is 0 Å². The van der Waals surface area contributed by atoms with Gasteiger partial charge in [-0.3, -0.25) is 4.79 Å². The zero-order valence-electron chi connectivity index (χ0n) is 12.3. The molecule has 0 spiro atoms. The van der Waals surface area contributed by atoms with Gasteiger partial charge in [0.1, 0.15) is 5.75 Å². The molecule has 0 radical (unpaired) electrons. The summed E-state index contributed by atoms with van der Waals surface area (Å²) in [5.41, 5.74) is 1.01. The molecule has 112 valence electrons. The Morgan fingerprint density at radius 3 is 2.50 bits per heavy atom. The molecule has 0 N–H and O–H groups in total. The summed E-state index contributed by atoms with van der Waals surface area (Å²) < 4.78 is 22.5. The Morgan fingerprint density at radius 2 is 2.00 bits per heavy atom. The predicted octanol–water partition coefficient (Wildman–Crippen LogP) is 2.19. The number of amides is 1. The van der Waals surface area contributed by atoms with Crippen LogP contribution in [0.3, 0.4) is 0 Å². The Balaban J connectivity index is 2.89. The van der Waals surface area contributed by atoms with Crippen molar-refractivity contribution >= 4 is 27.5 Å². The molecule has 6 heteroatoms. The van der Waals surface area contributed by atoms with Gasteiger partial charge in [-0.15, -0.1) is 11.8 Å². The smallest absolute Gasteiger partial charge is 0.238 e. The first-order chi connectivity index (χ1) is 9.23. The Labute approximate surface area is 125 Å². The maximum absolute atomic E-state index is 12.1. The number of carbonyl (C=O) groups excluding carboxylic acids is 1. The summed E-state index contributed by atoms with van der Waals surface area (Å²) in [6, 6.07) is 7.88. The van der Waals surface area contributed by atoms with Crippen LogP contribution in [-0.2, 0) is 21.2 Å². The predicted molar refractivity (Wildman–Crippen MR) is 83.6 cm³/mol. The summed E-state index contributed by atoms with van der Waals surface area (Å²) in [4.78, 5) is 14.8. The molecule has 0 saturated heterocycles. The second-order valence-corrected chi connectivity index (χ2v) is 8.06. The number of sulfone groups is 1. The molecule has 0 saturated carbocycles. The Bertz CT molecular complexity index is 568. The molecule has 0 aliphatic heterocycles. The average molecular weight is 315 g/mol. The van der Waals surface area contributed by atoms with Gasteiger partial charge in [-0.05, 0) is 37.8 Å². The quantitative estimate of drug-likeness (QED) is 0.755. The number of thioether (sulfide) groups is 1. The maximum atomic E-state index is 12.1. The van der Waals surface area contributed by atoms with Crippen LogP contribution < -0.4 is 0 Å². The topological polar surface area (TPSA) is 54.5 Å². The van der Waals surface area contributed by atoms with Gasteiger partial charge in [-0.2, -0.15) is 0 Å². The summed E-state index contributed by atoms with van der Waals surface area (Å²) in [6.45, 7) is 4.21. The zero-order valence-corrected chi connectivity index (χ0v) is 13.9. The average Bonchev–Trinajstić information content (AvgIpc) is 2.33. The fraction of sp³-hybridized carbons (Fsp3) is 0.500. The van der Waals surface area contributed by atoms with Gasteiger partial charge in [-0.1, -0.05) is 12.1 Å². The standard InChI is InChI=1S/C14H21NO3S2/c1-11(2)15(14(16)10-20(4,17)18)9-12-6-5-7-13(8-12)19-3/h5-8,11H,9-10H2,1-4H3. The van der Waals surface area contributed by atoms with Crippen molar-refractivity contribution in [3.63, 3.8) is 0 Å². The monoisotopic (exact) mass is 315 g/mol. The van der Waals surface area contributed by atoms with E-state index in [2.05, 4.69) is 0 Å². The SMILES string of the molecule is CSc1cccc(CN(C(=O)CS(C)(=O)=O)C(C)C)c1. The van der Waals surface area contributed by atoms with Gasteiger partial charge < -0.3 is 4.90 Å². The van der Waals surface area contributed by atoms with Gasteiger partial charge in [0, 0.05) is 23.7 Å². The van der Waals surface area contributed by atoms with Gasteiger partial charge in [0.15, 0.2) is 9.84 Å². The van der Waals surface area contributed by atoms with Gasteiger partial charge in [0.05, 0.1) is 0 Å². The summed E-state index contributed by atoms with van der Waals surface area (Å²) in [5.74, 6) is -0.787. The molecule has 0 aliphatic rings. The molecule has 0 bridgehead atoms. The van der Waals surface area contributed by atoms with Crippen LogP contribution in [0.25, 0.3) is 0 Å². The van der Waals surface area contributed by atoms with Crippen molar-refractivity contribution < 1.29 is 13.2 Å². The van der Waals surface area contributed by atoms with Crippen molar-refractivity contribution in [1.82, 2.24) is 4.90 Å². The summed E-state index contributed by atoms with van der Waals surface area (Å²) in [6.07, 6.45) is 3.08. The highest BCUT2D eigenvalue weighted by Gasteiger charge is 2.21. The van der Waals surface area contributed by atoms with Crippen molar-refractivity contribution in [2.45, 2.75) is 31.3 Å². The summed E-state index contributed by atoms with van der Waals surface area (Å²) in [7, 11) is -3.30. The van der Waals surface area contributed by atoms with Crippen LogP contribution >= 0.6 is 11.8 Å². The lowest BCUT2D eigenvalue weighted by Crippen LogP contribution is -2.39. The normalized spacial score (nSPS) is 11.7. The number of nitrogens with zero attached hydrogens (tertiary/aromatic N) is 1. The van der Waals surface area contributed by atoms with Gasteiger partial charge >= 0.3 is 0 Å². The van der Waals surface area contributed by atoms with E-state index in [0.29, 0.717) is 6.54 Å². The van der Waals surface area contributed by atoms with E-state index in [0.717, 1.165) is 16.7 Å². The van der Waals surface area contributed by atoms with Crippen LogP contribution in [0, 0.1) is 0 Å². The highest BCUT2D eigenvalue weighted by atomic mass is 32.2. The Morgan fingerprint density at radius 1 is 1.35 bits per heavy atom. The summed E-state index contributed by atoms with van der Waals surface area (Å²) >= 11 is 1.64. The first kappa shape index (κ1) is 17.0. The van der Waals surface area contributed by atoms with Crippen LogP contribution in [0.15, 0.2) is 29.2 Å². The lowest BCUT2D eigenvalue weighted by molar-refractivity contribution is -0.130. The molecule has 20 heavy (non-hydrogen) atoms. The minimum atomic E-state index is -3.30. The first-order valence-electron chi connectivity index (χ1n) is 6.33. The first-order valence-corrected chi connectivity index (χ1v) is 9.61. The van der Waals surface area contributed by atoms with Crippen molar-refractivity contribution in [3.8, 4) is 0 Å². The van der Waals surface area contributed by atoms with Crippen LogP contribution in [0.2, 0.25) is 0 Å². The third-order valence-corrected chi connectivity index (χ3v) is 4.31. The van der Waals surface area contributed by atoms with E-state index in [1.807, 2.05) is 44.4 Å². The molecular formula is C14H21NO3S2. The van der Waals surface area contributed by atoms with E-state index < -0.39 is 15.6 Å². The largest absolute Gasteiger partial charge is 0.335 e. The Hall–Kier alpha value is -1.01. The van der Waals surface area contributed by atoms with E-state index in [1.165, 1.54) is 0 Å². The molecule has 0 heterocycles. The maximum Gasteiger partial charge on any atom is 0.238 e. The number of benzene rings is 1. The van der Waals surface area contributed by atoms with E-state index in [9.17, 15) is 13.2 Å². The van der Waals surface area contributed by atoms with Crippen molar-refractivity contribution in [2.24, 2.45) is 0 Å². The molecule has 1 aromatic carbocycles.